The average Bonchev–Trinajstić information content (AvgIpc) is 2.21. The molecule has 15 heavy (non-hydrogen) atoms. The van der Waals surface area contributed by atoms with E-state index in [1.807, 2.05) is 0 Å². The van der Waals surface area contributed by atoms with Crippen molar-refractivity contribution in [2.75, 3.05) is 20.1 Å². The molecule has 0 saturated heterocycles. The Bertz CT molecular complexity index is 158. The number of carbonyl (C=O) groups is 1. The third-order valence-electron chi connectivity index (χ3n) is 2.42. The zero-order valence-corrected chi connectivity index (χ0v) is 10.4. The first-order valence-electron chi connectivity index (χ1n) is 6.08. The Kier molecular flexibility index (Phi) is 9.59. The van der Waals surface area contributed by atoms with Gasteiger partial charge in [-0.1, -0.05) is 26.7 Å². The quantitative estimate of drug-likeness (QED) is 0.576. The summed E-state index contributed by atoms with van der Waals surface area (Å²) in [5.74, 6) is 0.954. The van der Waals surface area contributed by atoms with Crippen molar-refractivity contribution < 1.29 is 4.79 Å². The van der Waals surface area contributed by atoms with E-state index in [4.69, 9.17) is 0 Å². The van der Waals surface area contributed by atoms with Crippen LogP contribution in [0.25, 0.3) is 0 Å². The van der Waals surface area contributed by atoms with Crippen LogP contribution in [0.4, 0.5) is 0 Å². The molecule has 0 unspecified atom stereocenters. The number of unbranched alkanes of at least 4 members (excludes halogenated alkanes) is 1. The van der Waals surface area contributed by atoms with E-state index in [0.29, 0.717) is 6.42 Å². The smallest absolute Gasteiger partial charge is 0.219 e. The fraction of sp³-hybridized carbons (Fsp3) is 0.917. The summed E-state index contributed by atoms with van der Waals surface area (Å²) in [6.07, 6.45) is 5.44. The monoisotopic (exact) mass is 214 g/mol. The molecule has 1 amide bonds. The molecule has 0 saturated carbocycles. The van der Waals surface area contributed by atoms with Gasteiger partial charge in [0, 0.05) is 13.5 Å². The Morgan fingerprint density at radius 3 is 2.40 bits per heavy atom. The highest BCUT2D eigenvalue weighted by molar-refractivity contribution is 5.75. The summed E-state index contributed by atoms with van der Waals surface area (Å²) in [6, 6.07) is 0. The Hall–Kier alpha value is -0.570. The van der Waals surface area contributed by atoms with E-state index in [0.717, 1.165) is 25.4 Å². The van der Waals surface area contributed by atoms with Gasteiger partial charge in [0.15, 0.2) is 0 Å². The first-order valence-corrected chi connectivity index (χ1v) is 6.08. The lowest BCUT2D eigenvalue weighted by Gasteiger charge is -2.06. The lowest BCUT2D eigenvalue weighted by atomic mass is 10.1. The first-order chi connectivity index (χ1) is 7.16. The summed E-state index contributed by atoms with van der Waals surface area (Å²) >= 11 is 0. The van der Waals surface area contributed by atoms with E-state index in [-0.39, 0.29) is 5.91 Å². The molecule has 0 fully saturated rings. The molecule has 0 rings (SSSR count). The number of amides is 1. The van der Waals surface area contributed by atoms with Gasteiger partial charge in [-0.2, -0.15) is 0 Å². The molecule has 0 radical (unpaired) electrons. The molecule has 90 valence electrons. The fourth-order valence-corrected chi connectivity index (χ4v) is 1.43. The molecule has 0 spiro atoms. The van der Waals surface area contributed by atoms with E-state index >= 15 is 0 Å². The van der Waals surface area contributed by atoms with Gasteiger partial charge in [0.2, 0.25) is 5.91 Å². The lowest BCUT2D eigenvalue weighted by Crippen LogP contribution is -2.21. The van der Waals surface area contributed by atoms with Crippen molar-refractivity contribution in [1.29, 1.82) is 0 Å². The molecule has 0 aromatic rings. The topological polar surface area (TPSA) is 41.1 Å². The number of hydrogen-bond acceptors (Lipinski definition) is 2. The second-order valence-electron chi connectivity index (χ2n) is 4.42. The number of carbonyl (C=O) groups excluding carboxylic acids is 1. The zero-order valence-electron chi connectivity index (χ0n) is 10.4. The summed E-state index contributed by atoms with van der Waals surface area (Å²) in [5.41, 5.74) is 0. The largest absolute Gasteiger partial charge is 0.359 e. The molecule has 2 N–H and O–H groups in total. The molecule has 0 aromatic carbocycles. The van der Waals surface area contributed by atoms with Crippen molar-refractivity contribution in [3.63, 3.8) is 0 Å². The normalized spacial score (nSPS) is 10.7. The number of hydrogen-bond donors (Lipinski definition) is 2. The van der Waals surface area contributed by atoms with Crippen LogP contribution in [0.3, 0.4) is 0 Å². The standard InChI is InChI=1S/C12H26N2O/c1-11(2)7-4-5-9-14-10-6-8-12(15)13-3/h11,14H,4-10H2,1-3H3,(H,13,15). The Morgan fingerprint density at radius 1 is 1.13 bits per heavy atom. The maximum absolute atomic E-state index is 10.9. The molecule has 0 bridgehead atoms. The molecule has 0 aliphatic rings. The summed E-state index contributed by atoms with van der Waals surface area (Å²) in [7, 11) is 1.68. The van der Waals surface area contributed by atoms with Crippen molar-refractivity contribution in [2.24, 2.45) is 5.92 Å². The van der Waals surface area contributed by atoms with Crippen molar-refractivity contribution in [2.45, 2.75) is 46.0 Å². The second kappa shape index (κ2) is 9.97. The van der Waals surface area contributed by atoms with E-state index in [2.05, 4.69) is 24.5 Å². The minimum atomic E-state index is 0.136. The SMILES string of the molecule is CNC(=O)CCCNCCCCC(C)C. The van der Waals surface area contributed by atoms with Gasteiger partial charge in [-0.15, -0.1) is 0 Å². The van der Waals surface area contributed by atoms with Gasteiger partial charge < -0.3 is 10.6 Å². The summed E-state index contributed by atoms with van der Waals surface area (Å²) < 4.78 is 0. The predicted octanol–water partition coefficient (Wildman–Crippen LogP) is 1.93. The molecular weight excluding hydrogens is 188 g/mol. The maximum atomic E-state index is 10.9. The van der Waals surface area contributed by atoms with Gasteiger partial charge in [0.1, 0.15) is 0 Å². The van der Waals surface area contributed by atoms with Crippen LogP contribution in [0.5, 0.6) is 0 Å². The zero-order chi connectivity index (χ0) is 11.5. The summed E-state index contributed by atoms with van der Waals surface area (Å²) in [4.78, 5) is 10.9. The van der Waals surface area contributed by atoms with Crippen LogP contribution in [0, 0.1) is 5.92 Å². The minimum Gasteiger partial charge on any atom is -0.359 e. The predicted molar refractivity (Wildman–Crippen MR) is 64.9 cm³/mol. The Morgan fingerprint density at radius 2 is 1.80 bits per heavy atom. The molecular formula is C12H26N2O. The van der Waals surface area contributed by atoms with E-state index in [1.54, 1.807) is 7.05 Å². The highest BCUT2D eigenvalue weighted by Gasteiger charge is 1.97. The van der Waals surface area contributed by atoms with Crippen molar-refractivity contribution in [3.8, 4) is 0 Å². The Labute approximate surface area is 94.0 Å². The van der Waals surface area contributed by atoms with Crippen molar-refractivity contribution in [1.82, 2.24) is 10.6 Å². The molecule has 0 atom stereocenters. The van der Waals surface area contributed by atoms with Gasteiger partial charge in [0.05, 0.1) is 0 Å². The molecule has 0 heterocycles. The van der Waals surface area contributed by atoms with Gasteiger partial charge in [0.25, 0.3) is 0 Å². The number of nitrogens with one attached hydrogen (secondary N) is 2. The molecule has 0 aliphatic heterocycles. The second-order valence-corrected chi connectivity index (χ2v) is 4.42. The van der Waals surface area contributed by atoms with Crippen LogP contribution in [-0.2, 0) is 4.79 Å². The molecule has 0 aliphatic carbocycles. The minimum absolute atomic E-state index is 0.136. The summed E-state index contributed by atoms with van der Waals surface area (Å²) in [5, 5.41) is 5.98. The van der Waals surface area contributed by atoms with Crippen LogP contribution in [0.2, 0.25) is 0 Å². The molecule has 3 heteroatoms. The van der Waals surface area contributed by atoms with Gasteiger partial charge in [-0.05, 0) is 31.8 Å². The van der Waals surface area contributed by atoms with E-state index in [1.165, 1.54) is 19.3 Å². The molecule has 0 aromatic heterocycles. The van der Waals surface area contributed by atoms with E-state index in [9.17, 15) is 4.79 Å². The van der Waals surface area contributed by atoms with Gasteiger partial charge >= 0.3 is 0 Å². The van der Waals surface area contributed by atoms with Crippen molar-refractivity contribution >= 4 is 5.91 Å². The van der Waals surface area contributed by atoms with E-state index < -0.39 is 0 Å². The van der Waals surface area contributed by atoms with Crippen molar-refractivity contribution in [3.05, 3.63) is 0 Å². The maximum Gasteiger partial charge on any atom is 0.219 e. The van der Waals surface area contributed by atoms with Crippen LogP contribution in [0.15, 0.2) is 0 Å². The van der Waals surface area contributed by atoms with Gasteiger partial charge in [-0.3, -0.25) is 4.79 Å². The Balaban J connectivity index is 3.02. The third-order valence-corrected chi connectivity index (χ3v) is 2.42. The lowest BCUT2D eigenvalue weighted by molar-refractivity contribution is -0.120. The molecule has 3 nitrogen and oxygen atoms in total. The van der Waals surface area contributed by atoms with Crippen LogP contribution < -0.4 is 10.6 Å². The van der Waals surface area contributed by atoms with Crippen LogP contribution in [0.1, 0.15) is 46.0 Å². The first kappa shape index (κ1) is 14.4. The van der Waals surface area contributed by atoms with Crippen LogP contribution in [-0.4, -0.2) is 26.0 Å². The highest BCUT2D eigenvalue weighted by Crippen LogP contribution is 2.04. The summed E-state index contributed by atoms with van der Waals surface area (Å²) in [6.45, 7) is 6.56. The fourth-order valence-electron chi connectivity index (χ4n) is 1.43. The average molecular weight is 214 g/mol. The highest BCUT2D eigenvalue weighted by atomic mass is 16.1. The third kappa shape index (κ3) is 11.4. The number of rotatable bonds is 9. The van der Waals surface area contributed by atoms with Crippen LogP contribution >= 0.6 is 0 Å². The van der Waals surface area contributed by atoms with Gasteiger partial charge in [-0.25, -0.2) is 0 Å².